The van der Waals surface area contributed by atoms with E-state index >= 15 is 0 Å². The van der Waals surface area contributed by atoms with Crippen molar-refractivity contribution in [3.63, 3.8) is 0 Å². The third-order valence-electron chi connectivity index (χ3n) is 4.42. The van der Waals surface area contributed by atoms with Gasteiger partial charge in [-0.1, -0.05) is 18.2 Å². The monoisotopic (exact) mass is 274 g/mol. The molecule has 0 radical (unpaired) electrons. The van der Waals surface area contributed by atoms with Crippen LogP contribution in [0.15, 0.2) is 24.3 Å². The van der Waals surface area contributed by atoms with Crippen LogP contribution in [-0.2, 0) is 9.53 Å². The molecule has 0 saturated carbocycles. The molecule has 1 saturated heterocycles. The van der Waals surface area contributed by atoms with Gasteiger partial charge < -0.3 is 15.0 Å². The number of nitrogens with one attached hydrogen (secondary N) is 1. The zero-order chi connectivity index (χ0) is 14.1. The number of rotatable bonds is 2. The number of ether oxygens (including phenoxy) is 1. The first-order chi connectivity index (χ1) is 9.69. The Balaban J connectivity index is 1.81. The van der Waals surface area contributed by atoms with Gasteiger partial charge in [0.1, 0.15) is 0 Å². The number of benzene rings is 1. The number of anilines is 1. The van der Waals surface area contributed by atoms with Gasteiger partial charge in [-0.25, -0.2) is 0 Å². The number of hydrogen-bond acceptors (Lipinski definition) is 3. The van der Waals surface area contributed by atoms with Gasteiger partial charge in [0, 0.05) is 31.9 Å². The molecule has 0 aliphatic carbocycles. The fourth-order valence-electron chi connectivity index (χ4n) is 3.31. The van der Waals surface area contributed by atoms with Crippen molar-refractivity contribution in [3.05, 3.63) is 29.8 Å². The quantitative estimate of drug-likeness (QED) is 0.899. The van der Waals surface area contributed by atoms with Crippen LogP contribution in [-0.4, -0.2) is 43.2 Å². The fourth-order valence-corrected chi connectivity index (χ4v) is 3.31. The summed E-state index contributed by atoms with van der Waals surface area (Å²) in [6.07, 6.45) is 2.02. The Hall–Kier alpha value is -1.55. The third-order valence-corrected chi connectivity index (χ3v) is 4.42. The van der Waals surface area contributed by atoms with Crippen LogP contribution in [0.2, 0.25) is 0 Å². The average molecular weight is 274 g/mol. The zero-order valence-corrected chi connectivity index (χ0v) is 12.1. The van der Waals surface area contributed by atoms with E-state index in [1.807, 2.05) is 17.0 Å². The first-order valence-electron chi connectivity index (χ1n) is 7.36. The molecule has 0 bridgehead atoms. The summed E-state index contributed by atoms with van der Waals surface area (Å²) in [5.74, 6) is 0.239. The largest absolute Gasteiger partial charge is 0.382 e. The minimum Gasteiger partial charge on any atom is -0.382 e. The van der Waals surface area contributed by atoms with Crippen molar-refractivity contribution in [1.29, 1.82) is 0 Å². The van der Waals surface area contributed by atoms with Gasteiger partial charge in [-0.3, -0.25) is 4.79 Å². The van der Waals surface area contributed by atoms with Crippen molar-refractivity contribution in [1.82, 2.24) is 4.90 Å². The number of fused-ring (bicyclic) bond motifs is 1. The number of methoxy groups -OCH3 is 1. The van der Waals surface area contributed by atoms with Crippen LogP contribution < -0.4 is 5.32 Å². The number of para-hydroxylation sites is 1. The summed E-state index contributed by atoms with van der Waals surface area (Å²) < 4.78 is 5.36. The Morgan fingerprint density at radius 1 is 1.40 bits per heavy atom. The third kappa shape index (κ3) is 2.40. The SMILES string of the molecule is COC1CCN(C(=O)C2CC(C)Nc3ccccc32)C1. The molecule has 1 amide bonds. The lowest BCUT2D eigenvalue weighted by Crippen LogP contribution is -2.38. The van der Waals surface area contributed by atoms with Gasteiger partial charge in [-0.15, -0.1) is 0 Å². The van der Waals surface area contributed by atoms with E-state index in [0.717, 1.165) is 37.2 Å². The molecule has 4 heteroatoms. The highest BCUT2D eigenvalue weighted by Crippen LogP contribution is 2.35. The lowest BCUT2D eigenvalue weighted by Gasteiger charge is -2.32. The fraction of sp³-hybridized carbons (Fsp3) is 0.562. The van der Waals surface area contributed by atoms with Crippen molar-refractivity contribution in [2.45, 2.75) is 37.8 Å². The summed E-state index contributed by atoms with van der Waals surface area (Å²) in [6.45, 7) is 3.69. The smallest absolute Gasteiger partial charge is 0.230 e. The van der Waals surface area contributed by atoms with Crippen LogP contribution in [0.1, 0.15) is 31.2 Å². The molecule has 3 atom stereocenters. The Labute approximate surface area is 120 Å². The summed E-state index contributed by atoms with van der Waals surface area (Å²) in [4.78, 5) is 14.8. The molecule has 1 aromatic rings. The van der Waals surface area contributed by atoms with Gasteiger partial charge in [-0.2, -0.15) is 0 Å². The Morgan fingerprint density at radius 2 is 2.20 bits per heavy atom. The van der Waals surface area contributed by atoms with E-state index in [1.54, 1.807) is 7.11 Å². The Bertz CT molecular complexity index is 503. The van der Waals surface area contributed by atoms with Gasteiger partial charge in [0.25, 0.3) is 0 Å². The minimum atomic E-state index is -0.0157. The van der Waals surface area contributed by atoms with Crippen LogP contribution in [0.25, 0.3) is 0 Å². The van der Waals surface area contributed by atoms with Crippen molar-refractivity contribution in [2.75, 3.05) is 25.5 Å². The van der Waals surface area contributed by atoms with Gasteiger partial charge in [0.2, 0.25) is 5.91 Å². The Morgan fingerprint density at radius 3 is 2.95 bits per heavy atom. The highest BCUT2D eigenvalue weighted by molar-refractivity contribution is 5.86. The number of hydrogen-bond donors (Lipinski definition) is 1. The van der Waals surface area contributed by atoms with E-state index in [2.05, 4.69) is 24.4 Å². The maximum absolute atomic E-state index is 12.8. The molecule has 108 valence electrons. The van der Waals surface area contributed by atoms with Gasteiger partial charge in [-0.05, 0) is 31.4 Å². The second kappa shape index (κ2) is 5.44. The summed E-state index contributed by atoms with van der Waals surface area (Å²) in [6, 6.07) is 8.49. The van der Waals surface area contributed by atoms with Crippen LogP contribution in [0.3, 0.4) is 0 Å². The van der Waals surface area contributed by atoms with Crippen molar-refractivity contribution in [2.24, 2.45) is 0 Å². The molecule has 0 spiro atoms. The van der Waals surface area contributed by atoms with Gasteiger partial charge in [0.15, 0.2) is 0 Å². The van der Waals surface area contributed by atoms with Crippen LogP contribution in [0, 0.1) is 0 Å². The second-order valence-corrected chi connectivity index (χ2v) is 5.85. The summed E-state index contributed by atoms with van der Waals surface area (Å²) in [7, 11) is 1.72. The molecule has 3 unspecified atom stereocenters. The van der Waals surface area contributed by atoms with Crippen LogP contribution >= 0.6 is 0 Å². The van der Waals surface area contributed by atoms with Crippen LogP contribution in [0.5, 0.6) is 0 Å². The summed E-state index contributed by atoms with van der Waals surface area (Å²) in [5, 5.41) is 3.46. The minimum absolute atomic E-state index is 0.0157. The topological polar surface area (TPSA) is 41.6 Å². The number of amides is 1. The summed E-state index contributed by atoms with van der Waals surface area (Å²) in [5.41, 5.74) is 2.24. The molecule has 2 heterocycles. The van der Waals surface area contributed by atoms with Gasteiger partial charge >= 0.3 is 0 Å². The molecule has 2 aliphatic rings. The molecule has 4 nitrogen and oxygen atoms in total. The number of carbonyl (C=O) groups is 1. The van der Waals surface area contributed by atoms with Crippen molar-refractivity contribution >= 4 is 11.6 Å². The van der Waals surface area contributed by atoms with Gasteiger partial charge in [0.05, 0.1) is 12.0 Å². The first-order valence-corrected chi connectivity index (χ1v) is 7.36. The van der Waals surface area contributed by atoms with E-state index in [4.69, 9.17) is 4.74 Å². The lowest BCUT2D eigenvalue weighted by atomic mass is 9.86. The predicted molar refractivity (Wildman–Crippen MR) is 78.9 cm³/mol. The highest BCUT2D eigenvalue weighted by atomic mass is 16.5. The maximum Gasteiger partial charge on any atom is 0.230 e. The van der Waals surface area contributed by atoms with E-state index in [9.17, 15) is 4.79 Å². The normalized spacial score (nSPS) is 28.9. The number of nitrogens with zero attached hydrogens (tertiary/aromatic N) is 1. The lowest BCUT2D eigenvalue weighted by molar-refractivity contribution is -0.132. The molecular formula is C16H22N2O2. The predicted octanol–water partition coefficient (Wildman–Crippen LogP) is 2.22. The van der Waals surface area contributed by atoms with E-state index in [-0.39, 0.29) is 17.9 Å². The maximum atomic E-state index is 12.8. The molecule has 1 aromatic carbocycles. The second-order valence-electron chi connectivity index (χ2n) is 5.85. The zero-order valence-electron chi connectivity index (χ0n) is 12.1. The molecule has 1 N–H and O–H groups in total. The molecule has 1 fully saturated rings. The van der Waals surface area contributed by atoms with E-state index < -0.39 is 0 Å². The Kier molecular flexibility index (Phi) is 3.66. The molecular weight excluding hydrogens is 252 g/mol. The molecule has 2 aliphatic heterocycles. The first kappa shape index (κ1) is 13.4. The van der Waals surface area contributed by atoms with E-state index in [1.165, 1.54) is 0 Å². The summed E-state index contributed by atoms with van der Waals surface area (Å²) >= 11 is 0. The highest BCUT2D eigenvalue weighted by Gasteiger charge is 2.35. The number of likely N-dealkylation sites (tertiary alicyclic amines) is 1. The number of carbonyl (C=O) groups excluding carboxylic acids is 1. The standard InChI is InChI=1S/C16H22N2O2/c1-11-9-14(13-5-3-4-6-15(13)17-11)16(19)18-8-7-12(10-18)20-2/h3-6,11-12,14,17H,7-10H2,1-2H3. The van der Waals surface area contributed by atoms with Crippen molar-refractivity contribution in [3.8, 4) is 0 Å². The average Bonchev–Trinajstić information content (AvgIpc) is 2.94. The van der Waals surface area contributed by atoms with Crippen molar-refractivity contribution < 1.29 is 9.53 Å². The van der Waals surface area contributed by atoms with Crippen LogP contribution in [0.4, 0.5) is 5.69 Å². The molecule has 3 rings (SSSR count). The van der Waals surface area contributed by atoms with E-state index in [0.29, 0.717) is 6.04 Å². The molecule has 20 heavy (non-hydrogen) atoms. The molecule has 0 aromatic heterocycles.